The molecule has 0 spiro atoms. The highest BCUT2D eigenvalue weighted by Gasteiger charge is 2.21. The molecule has 1 aromatic rings. The van der Waals surface area contributed by atoms with Gasteiger partial charge < -0.3 is 25.7 Å². The van der Waals surface area contributed by atoms with E-state index in [4.69, 9.17) is 15.3 Å². The van der Waals surface area contributed by atoms with E-state index in [1.54, 1.807) is 0 Å². The maximum atomic E-state index is 11.5. The number of benzene rings is 1. The molecule has 17 heavy (non-hydrogen) atoms. The second-order valence-electron chi connectivity index (χ2n) is 3.25. The van der Waals surface area contributed by atoms with Gasteiger partial charge in [0.05, 0.1) is 12.2 Å². The molecule has 0 aliphatic carbocycles. The van der Waals surface area contributed by atoms with E-state index in [1.165, 1.54) is 6.07 Å². The van der Waals surface area contributed by atoms with Gasteiger partial charge in [-0.2, -0.15) is 0 Å². The van der Waals surface area contributed by atoms with Crippen LogP contribution in [-0.4, -0.2) is 45.0 Å². The third-order valence-corrected chi connectivity index (χ3v) is 2.01. The molecule has 1 atom stereocenters. The molecule has 1 rings (SSSR count). The predicted octanol–water partition coefficient (Wildman–Crippen LogP) is -0.727. The zero-order valence-electron chi connectivity index (χ0n) is 8.62. The number of amides is 1. The molecule has 1 aromatic carbocycles. The minimum atomic E-state index is -1.45. The van der Waals surface area contributed by atoms with Crippen LogP contribution in [0.25, 0.3) is 0 Å². The number of phenolic OH excluding ortho intramolecular Hbond substituents is 2. The maximum absolute atomic E-state index is 11.5. The minimum absolute atomic E-state index is 0.192. The van der Waals surface area contributed by atoms with Crippen molar-refractivity contribution in [3.63, 3.8) is 0 Å². The van der Waals surface area contributed by atoms with Crippen LogP contribution < -0.4 is 5.32 Å². The summed E-state index contributed by atoms with van der Waals surface area (Å²) in [4.78, 5) is 22.1. The van der Waals surface area contributed by atoms with Gasteiger partial charge in [0.1, 0.15) is 11.5 Å². The average Bonchev–Trinajstić information content (AvgIpc) is 2.24. The molecule has 0 aliphatic heterocycles. The lowest BCUT2D eigenvalue weighted by molar-refractivity contribution is -0.140. The Morgan fingerprint density at radius 1 is 1.29 bits per heavy atom. The molecule has 0 radical (unpaired) electrons. The van der Waals surface area contributed by atoms with Gasteiger partial charge in [0, 0.05) is 6.07 Å². The molecule has 7 heteroatoms. The van der Waals surface area contributed by atoms with Gasteiger partial charge in [-0.25, -0.2) is 4.79 Å². The fraction of sp³-hybridized carbons (Fsp3) is 0.200. The number of carbonyl (C=O) groups is 2. The first kappa shape index (κ1) is 12.8. The molecule has 0 aromatic heterocycles. The van der Waals surface area contributed by atoms with Crippen molar-refractivity contribution in [2.75, 3.05) is 6.61 Å². The molecule has 5 N–H and O–H groups in total. The van der Waals surface area contributed by atoms with Crippen LogP contribution in [0.4, 0.5) is 0 Å². The van der Waals surface area contributed by atoms with Gasteiger partial charge in [0.2, 0.25) is 0 Å². The van der Waals surface area contributed by atoms with E-state index in [2.05, 4.69) is 0 Å². The summed E-state index contributed by atoms with van der Waals surface area (Å²) in [6.45, 7) is -0.764. The molecule has 0 heterocycles. The number of aliphatic hydroxyl groups is 1. The number of aromatic hydroxyl groups is 2. The molecule has 7 nitrogen and oxygen atoms in total. The standard InChI is InChI=1S/C10H11NO6/c12-4-7(10(16)17)11-9(15)6-2-1-5(13)3-8(6)14/h1-3,7,12-14H,4H2,(H,11,15)(H,16,17)/t7-/m1/s1. The number of aliphatic hydroxyl groups excluding tert-OH is 1. The van der Waals surface area contributed by atoms with E-state index in [9.17, 15) is 14.7 Å². The molecule has 1 amide bonds. The van der Waals surface area contributed by atoms with Crippen molar-refractivity contribution >= 4 is 11.9 Å². The van der Waals surface area contributed by atoms with Crippen LogP contribution in [0.1, 0.15) is 10.4 Å². The number of carboxylic acid groups (broad SMARTS) is 1. The summed E-state index contributed by atoms with van der Waals surface area (Å²) in [6, 6.07) is 1.80. The summed E-state index contributed by atoms with van der Waals surface area (Å²) in [7, 11) is 0. The maximum Gasteiger partial charge on any atom is 0.328 e. The number of phenols is 2. The van der Waals surface area contributed by atoms with E-state index >= 15 is 0 Å². The summed E-state index contributed by atoms with van der Waals surface area (Å²) in [5.41, 5.74) is -0.192. The Morgan fingerprint density at radius 2 is 1.94 bits per heavy atom. The van der Waals surface area contributed by atoms with E-state index in [0.717, 1.165) is 12.1 Å². The monoisotopic (exact) mass is 241 g/mol. The predicted molar refractivity (Wildman–Crippen MR) is 55.7 cm³/mol. The number of carboxylic acids is 1. The third kappa shape index (κ3) is 3.08. The van der Waals surface area contributed by atoms with E-state index < -0.39 is 30.3 Å². The molecular weight excluding hydrogens is 230 g/mol. The number of hydrogen-bond acceptors (Lipinski definition) is 5. The first-order chi connectivity index (χ1) is 7.95. The van der Waals surface area contributed by atoms with Gasteiger partial charge in [0.25, 0.3) is 5.91 Å². The van der Waals surface area contributed by atoms with Crippen molar-refractivity contribution in [2.45, 2.75) is 6.04 Å². The van der Waals surface area contributed by atoms with Gasteiger partial charge >= 0.3 is 5.97 Å². The minimum Gasteiger partial charge on any atom is -0.508 e. The number of aliphatic carboxylic acids is 1. The molecule has 92 valence electrons. The second kappa shape index (κ2) is 5.17. The lowest BCUT2D eigenvalue weighted by atomic mass is 10.1. The molecule has 0 bridgehead atoms. The fourth-order valence-corrected chi connectivity index (χ4v) is 1.13. The molecule has 0 aliphatic rings. The van der Waals surface area contributed by atoms with Crippen molar-refractivity contribution in [2.24, 2.45) is 0 Å². The summed E-state index contributed by atoms with van der Waals surface area (Å²) >= 11 is 0. The zero-order chi connectivity index (χ0) is 13.0. The van der Waals surface area contributed by atoms with Crippen LogP contribution in [-0.2, 0) is 4.79 Å². The quantitative estimate of drug-likeness (QED) is 0.473. The Hall–Kier alpha value is -2.28. The van der Waals surface area contributed by atoms with Crippen LogP contribution in [0, 0.1) is 0 Å². The van der Waals surface area contributed by atoms with Crippen LogP contribution >= 0.6 is 0 Å². The van der Waals surface area contributed by atoms with Gasteiger partial charge in [0.15, 0.2) is 6.04 Å². The summed E-state index contributed by atoms with van der Waals surface area (Å²) in [5, 5.41) is 37.7. The third-order valence-electron chi connectivity index (χ3n) is 2.01. The Kier molecular flexibility index (Phi) is 3.89. The number of carbonyl (C=O) groups excluding carboxylic acids is 1. The van der Waals surface area contributed by atoms with Gasteiger partial charge in [-0.15, -0.1) is 0 Å². The van der Waals surface area contributed by atoms with Crippen LogP contribution in [0.15, 0.2) is 18.2 Å². The fourth-order valence-electron chi connectivity index (χ4n) is 1.13. The highest BCUT2D eigenvalue weighted by molar-refractivity contribution is 5.99. The summed E-state index contributed by atoms with van der Waals surface area (Å²) in [5.74, 6) is -2.95. The van der Waals surface area contributed by atoms with E-state index in [1.807, 2.05) is 5.32 Å². The van der Waals surface area contributed by atoms with E-state index in [0.29, 0.717) is 0 Å². The Morgan fingerprint density at radius 3 is 2.41 bits per heavy atom. The molecule has 0 unspecified atom stereocenters. The Bertz CT molecular complexity index is 444. The van der Waals surface area contributed by atoms with Crippen molar-refractivity contribution in [1.29, 1.82) is 0 Å². The summed E-state index contributed by atoms with van der Waals surface area (Å²) < 4.78 is 0. The first-order valence-corrected chi connectivity index (χ1v) is 4.62. The van der Waals surface area contributed by atoms with Crippen molar-refractivity contribution < 1.29 is 30.0 Å². The van der Waals surface area contributed by atoms with Gasteiger partial charge in [-0.05, 0) is 12.1 Å². The van der Waals surface area contributed by atoms with Gasteiger partial charge in [-0.3, -0.25) is 4.79 Å². The largest absolute Gasteiger partial charge is 0.508 e. The van der Waals surface area contributed by atoms with E-state index in [-0.39, 0.29) is 11.3 Å². The SMILES string of the molecule is O=C(N[C@H](CO)C(=O)O)c1ccc(O)cc1O. The zero-order valence-corrected chi connectivity index (χ0v) is 8.62. The van der Waals surface area contributed by atoms with Crippen molar-refractivity contribution in [3.05, 3.63) is 23.8 Å². The normalized spacial score (nSPS) is 11.8. The first-order valence-electron chi connectivity index (χ1n) is 4.62. The second-order valence-corrected chi connectivity index (χ2v) is 3.25. The molecule has 0 saturated carbocycles. The number of hydrogen-bond donors (Lipinski definition) is 5. The topological polar surface area (TPSA) is 127 Å². The van der Waals surface area contributed by atoms with Crippen molar-refractivity contribution in [3.8, 4) is 11.5 Å². The van der Waals surface area contributed by atoms with Crippen LogP contribution in [0.3, 0.4) is 0 Å². The molecule has 0 fully saturated rings. The summed E-state index contributed by atoms with van der Waals surface area (Å²) in [6.07, 6.45) is 0. The Labute approximate surface area is 95.9 Å². The van der Waals surface area contributed by atoms with Crippen LogP contribution in [0.5, 0.6) is 11.5 Å². The average molecular weight is 241 g/mol. The lowest BCUT2D eigenvalue weighted by Gasteiger charge is -2.12. The van der Waals surface area contributed by atoms with Crippen LogP contribution in [0.2, 0.25) is 0 Å². The van der Waals surface area contributed by atoms with Gasteiger partial charge in [-0.1, -0.05) is 0 Å². The smallest absolute Gasteiger partial charge is 0.328 e. The number of rotatable bonds is 4. The molecular formula is C10H11NO6. The van der Waals surface area contributed by atoms with Crippen molar-refractivity contribution in [1.82, 2.24) is 5.32 Å². The lowest BCUT2D eigenvalue weighted by Crippen LogP contribution is -2.43. The number of nitrogens with one attached hydrogen (secondary N) is 1. The molecule has 0 saturated heterocycles. The Balaban J connectivity index is 2.86. The highest BCUT2D eigenvalue weighted by atomic mass is 16.4. The highest BCUT2D eigenvalue weighted by Crippen LogP contribution is 2.22.